The Morgan fingerprint density at radius 3 is 2.80 bits per heavy atom. The molecule has 0 saturated carbocycles. The Hall–Kier alpha value is -1.46. The van der Waals surface area contributed by atoms with Crippen molar-refractivity contribution in [2.24, 2.45) is 0 Å². The highest BCUT2D eigenvalue weighted by Crippen LogP contribution is 2.17. The van der Waals surface area contributed by atoms with E-state index in [-0.39, 0.29) is 0 Å². The van der Waals surface area contributed by atoms with Gasteiger partial charge in [0.15, 0.2) is 0 Å². The van der Waals surface area contributed by atoms with Crippen molar-refractivity contribution < 1.29 is 4.74 Å². The lowest BCUT2D eigenvalue weighted by molar-refractivity contribution is 0.411. The molecule has 1 N–H and O–H groups in total. The molecule has 0 spiro atoms. The van der Waals surface area contributed by atoms with E-state index in [1.165, 1.54) is 0 Å². The molecular weight excluding hydrogens is 186 g/mol. The third-order valence-corrected chi connectivity index (χ3v) is 2.13. The van der Waals surface area contributed by atoms with E-state index in [9.17, 15) is 0 Å². The number of ether oxygens (including phenoxy) is 1. The lowest BCUT2D eigenvalue weighted by atomic mass is 10.1. The van der Waals surface area contributed by atoms with E-state index >= 15 is 0 Å². The molecule has 0 aromatic heterocycles. The third-order valence-electron chi connectivity index (χ3n) is 2.13. The van der Waals surface area contributed by atoms with Crippen LogP contribution >= 0.6 is 0 Å². The summed E-state index contributed by atoms with van der Waals surface area (Å²) < 4.78 is 5.18. The summed E-state index contributed by atoms with van der Waals surface area (Å²) in [5.41, 5.74) is 2.17. The van der Waals surface area contributed by atoms with Gasteiger partial charge in [0.05, 0.1) is 7.11 Å². The number of rotatable bonds is 3. The summed E-state index contributed by atoms with van der Waals surface area (Å²) >= 11 is 0. The molecule has 80 valence electrons. The molecule has 0 radical (unpaired) electrons. The molecule has 0 aliphatic rings. The highest BCUT2D eigenvalue weighted by Gasteiger charge is 1.96. The second-order valence-corrected chi connectivity index (χ2v) is 3.34. The van der Waals surface area contributed by atoms with Crippen molar-refractivity contribution in [2.45, 2.75) is 13.3 Å². The van der Waals surface area contributed by atoms with Crippen molar-refractivity contribution >= 4 is 0 Å². The van der Waals surface area contributed by atoms with Gasteiger partial charge in [0.2, 0.25) is 0 Å². The number of benzene rings is 1. The van der Waals surface area contributed by atoms with Crippen LogP contribution in [0.15, 0.2) is 18.2 Å². The average molecular weight is 203 g/mol. The van der Waals surface area contributed by atoms with Crippen molar-refractivity contribution in [1.29, 1.82) is 0 Å². The van der Waals surface area contributed by atoms with E-state index in [1.807, 2.05) is 32.2 Å². The van der Waals surface area contributed by atoms with Crippen LogP contribution in [0.4, 0.5) is 0 Å². The monoisotopic (exact) mass is 203 g/mol. The second-order valence-electron chi connectivity index (χ2n) is 3.34. The second kappa shape index (κ2) is 6.10. The first-order chi connectivity index (χ1) is 7.27. The van der Waals surface area contributed by atoms with Gasteiger partial charge in [-0.1, -0.05) is 11.8 Å². The molecule has 0 bridgehead atoms. The molecule has 0 fully saturated rings. The zero-order valence-corrected chi connectivity index (χ0v) is 9.55. The van der Waals surface area contributed by atoms with Crippen molar-refractivity contribution in [2.75, 3.05) is 20.7 Å². The molecule has 0 heterocycles. The highest BCUT2D eigenvalue weighted by atomic mass is 16.5. The van der Waals surface area contributed by atoms with E-state index in [0.29, 0.717) is 0 Å². The minimum Gasteiger partial charge on any atom is -0.496 e. The minimum absolute atomic E-state index is 0.877. The number of aryl methyl sites for hydroxylation is 1. The fraction of sp³-hybridized carbons (Fsp3) is 0.385. The lowest BCUT2D eigenvalue weighted by Gasteiger charge is -2.03. The van der Waals surface area contributed by atoms with Gasteiger partial charge < -0.3 is 10.1 Å². The van der Waals surface area contributed by atoms with Crippen LogP contribution in [-0.4, -0.2) is 20.7 Å². The summed E-state index contributed by atoms with van der Waals surface area (Å²) in [6.45, 7) is 2.96. The van der Waals surface area contributed by atoms with Crippen molar-refractivity contribution in [1.82, 2.24) is 5.32 Å². The molecule has 0 saturated heterocycles. The Bertz CT molecular complexity index is 374. The van der Waals surface area contributed by atoms with Crippen LogP contribution in [0.5, 0.6) is 5.75 Å². The Morgan fingerprint density at radius 1 is 1.40 bits per heavy atom. The van der Waals surface area contributed by atoms with Gasteiger partial charge in [-0.3, -0.25) is 0 Å². The number of methoxy groups -OCH3 is 1. The zero-order valence-electron chi connectivity index (χ0n) is 9.55. The SMILES string of the molecule is CNCCC#Cc1ccc(OC)c(C)c1. The molecule has 2 nitrogen and oxygen atoms in total. The molecule has 0 amide bonds. The first-order valence-corrected chi connectivity index (χ1v) is 5.06. The van der Waals surface area contributed by atoms with Gasteiger partial charge in [0, 0.05) is 18.5 Å². The fourth-order valence-corrected chi connectivity index (χ4v) is 1.31. The van der Waals surface area contributed by atoms with Gasteiger partial charge in [0.1, 0.15) is 5.75 Å². The molecule has 0 atom stereocenters. The summed E-state index contributed by atoms with van der Waals surface area (Å²) in [6.07, 6.45) is 0.877. The van der Waals surface area contributed by atoms with E-state index in [4.69, 9.17) is 4.74 Å². The first kappa shape index (κ1) is 11.6. The quantitative estimate of drug-likeness (QED) is 0.599. The molecule has 1 rings (SSSR count). The Labute approximate surface area is 91.6 Å². The van der Waals surface area contributed by atoms with Crippen molar-refractivity contribution in [3.05, 3.63) is 29.3 Å². The van der Waals surface area contributed by atoms with Crippen LogP contribution in [0.3, 0.4) is 0 Å². The molecule has 0 aliphatic heterocycles. The number of hydrogen-bond acceptors (Lipinski definition) is 2. The molecular formula is C13H17NO. The van der Waals surface area contributed by atoms with Crippen molar-refractivity contribution in [3.63, 3.8) is 0 Å². The fourth-order valence-electron chi connectivity index (χ4n) is 1.31. The van der Waals surface area contributed by atoms with Gasteiger partial charge in [-0.2, -0.15) is 0 Å². The maximum Gasteiger partial charge on any atom is 0.121 e. The molecule has 15 heavy (non-hydrogen) atoms. The Morgan fingerprint density at radius 2 is 2.20 bits per heavy atom. The summed E-state index contributed by atoms with van der Waals surface area (Å²) in [5.74, 6) is 7.15. The normalized spacial score (nSPS) is 9.27. The number of nitrogens with one attached hydrogen (secondary N) is 1. The van der Waals surface area contributed by atoms with Gasteiger partial charge in [-0.25, -0.2) is 0 Å². The standard InChI is InChI=1S/C13H17NO/c1-11-10-12(6-4-5-9-14-2)7-8-13(11)15-3/h7-8,10,14H,5,9H2,1-3H3. The molecule has 1 aromatic carbocycles. The highest BCUT2D eigenvalue weighted by molar-refractivity contribution is 5.43. The molecule has 0 aliphatic carbocycles. The van der Waals surface area contributed by atoms with Gasteiger partial charge >= 0.3 is 0 Å². The van der Waals surface area contributed by atoms with Crippen LogP contribution < -0.4 is 10.1 Å². The Kier molecular flexibility index (Phi) is 4.73. The maximum absolute atomic E-state index is 5.18. The maximum atomic E-state index is 5.18. The van der Waals surface area contributed by atoms with Gasteiger partial charge in [0.25, 0.3) is 0 Å². The zero-order chi connectivity index (χ0) is 11.1. The summed E-state index contributed by atoms with van der Waals surface area (Å²) in [4.78, 5) is 0. The third kappa shape index (κ3) is 3.65. The predicted octanol–water partition coefficient (Wildman–Crippen LogP) is 1.96. The van der Waals surface area contributed by atoms with Crippen LogP contribution in [-0.2, 0) is 0 Å². The lowest BCUT2D eigenvalue weighted by Crippen LogP contribution is -2.05. The number of hydrogen-bond donors (Lipinski definition) is 1. The van der Waals surface area contributed by atoms with Gasteiger partial charge in [-0.05, 0) is 37.7 Å². The van der Waals surface area contributed by atoms with Crippen LogP contribution in [0.25, 0.3) is 0 Å². The van der Waals surface area contributed by atoms with Crippen LogP contribution in [0.2, 0.25) is 0 Å². The smallest absolute Gasteiger partial charge is 0.121 e. The molecule has 1 aromatic rings. The average Bonchev–Trinajstić information content (AvgIpc) is 2.25. The van der Waals surface area contributed by atoms with E-state index in [1.54, 1.807) is 7.11 Å². The molecule has 2 heteroatoms. The molecule has 0 unspecified atom stereocenters. The Balaban J connectivity index is 2.69. The van der Waals surface area contributed by atoms with E-state index in [2.05, 4.69) is 17.2 Å². The summed E-state index contributed by atoms with van der Waals surface area (Å²) in [5, 5.41) is 3.06. The van der Waals surface area contributed by atoms with E-state index < -0.39 is 0 Å². The first-order valence-electron chi connectivity index (χ1n) is 5.06. The minimum atomic E-state index is 0.877. The topological polar surface area (TPSA) is 21.3 Å². The van der Waals surface area contributed by atoms with Crippen LogP contribution in [0.1, 0.15) is 17.5 Å². The summed E-state index contributed by atoms with van der Waals surface area (Å²) in [6, 6.07) is 5.99. The summed E-state index contributed by atoms with van der Waals surface area (Å²) in [7, 11) is 3.61. The van der Waals surface area contributed by atoms with Crippen molar-refractivity contribution in [3.8, 4) is 17.6 Å². The van der Waals surface area contributed by atoms with Gasteiger partial charge in [-0.15, -0.1) is 0 Å². The van der Waals surface area contributed by atoms with E-state index in [0.717, 1.165) is 29.8 Å². The van der Waals surface area contributed by atoms with Crippen LogP contribution in [0, 0.1) is 18.8 Å². The predicted molar refractivity (Wildman–Crippen MR) is 63.2 cm³/mol. The largest absolute Gasteiger partial charge is 0.496 e.